The first kappa shape index (κ1) is 20.3. The molecule has 3 rings (SSSR count). The Morgan fingerprint density at radius 2 is 1.86 bits per heavy atom. The monoisotopic (exact) mass is 415 g/mol. The lowest BCUT2D eigenvalue weighted by atomic mass is 10.2. The second-order valence-corrected chi connectivity index (χ2v) is 6.92. The summed E-state index contributed by atoms with van der Waals surface area (Å²) in [6, 6.07) is 12.9. The Morgan fingerprint density at radius 3 is 2.62 bits per heavy atom. The number of nitrogens with zero attached hydrogens (tertiary/aromatic N) is 1. The summed E-state index contributed by atoms with van der Waals surface area (Å²) < 4.78 is 23.7. The van der Waals surface area contributed by atoms with Gasteiger partial charge in [0.05, 0.1) is 0 Å². The number of thiazole rings is 1. The molecule has 1 aromatic heterocycles. The Bertz CT molecular complexity index is 991. The number of aryl methyl sites for hydroxylation is 1. The van der Waals surface area contributed by atoms with E-state index >= 15 is 0 Å². The quantitative estimate of drug-likeness (QED) is 0.579. The molecule has 0 aliphatic carbocycles. The van der Waals surface area contributed by atoms with Gasteiger partial charge in [0, 0.05) is 5.38 Å². The van der Waals surface area contributed by atoms with Crippen molar-refractivity contribution in [1.82, 2.24) is 15.8 Å². The maximum Gasteiger partial charge on any atom is 0.289 e. The van der Waals surface area contributed by atoms with E-state index in [1.165, 1.54) is 35.6 Å². The molecule has 2 amide bonds. The molecule has 0 aliphatic rings. The highest BCUT2D eigenvalue weighted by Gasteiger charge is 2.12. The molecule has 150 valence electrons. The zero-order valence-corrected chi connectivity index (χ0v) is 16.3. The summed E-state index contributed by atoms with van der Waals surface area (Å²) in [5.41, 5.74) is 5.71. The van der Waals surface area contributed by atoms with Crippen LogP contribution in [0.25, 0.3) is 0 Å². The molecule has 0 atom stereocenters. The van der Waals surface area contributed by atoms with E-state index in [0.29, 0.717) is 16.5 Å². The lowest BCUT2D eigenvalue weighted by Gasteiger charge is -2.08. The van der Waals surface area contributed by atoms with Crippen molar-refractivity contribution in [2.45, 2.75) is 13.5 Å². The Labute approximate surface area is 170 Å². The lowest BCUT2D eigenvalue weighted by molar-refractivity contribution is -0.123. The summed E-state index contributed by atoms with van der Waals surface area (Å²) in [6.45, 7) is 1.82. The van der Waals surface area contributed by atoms with Crippen LogP contribution in [0.3, 0.4) is 0 Å². The summed E-state index contributed by atoms with van der Waals surface area (Å²) in [6.07, 6.45) is 0. The zero-order valence-electron chi connectivity index (χ0n) is 15.5. The first-order valence-corrected chi connectivity index (χ1v) is 9.49. The fraction of sp³-hybridized carbons (Fsp3) is 0.150. The van der Waals surface area contributed by atoms with Crippen LogP contribution in [-0.2, 0) is 11.4 Å². The number of rotatable bonds is 7. The van der Waals surface area contributed by atoms with Crippen molar-refractivity contribution in [3.63, 3.8) is 0 Å². The van der Waals surface area contributed by atoms with Crippen molar-refractivity contribution in [2.75, 3.05) is 6.61 Å². The Kier molecular flexibility index (Phi) is 6.75. The van der Waals surface area contributed by atoms with E-state index in [1.807, 2.05) is 19.1 Å². The molecule has 0 bridgehead atoms. The van der Waals surface area contributed by atoms with Crippen molar-refractivity contribution in [2.24, 2.45) is 0 Å². The van der Waals surface area contributed by atoms with Gasteiger partial charge in [-0.25, -0.2) is 9.37 Å². The van der Waals surface area contributed by atoms with Gasteiger partial charge >= 0.3 is 0 Å². The minimum atomic E-state index is -0.557. The normalized spacial score (nSPS) is 10.3. The van der Waals surface area contributed by atoms with E-state index < -0.39 is 11.8 Å². The van der Waals surface area contributed by atoms with Crippen molar-refractivity contribution >= 4 is 23.2 Å². The number of ether oxygens (including phenoxy) is 2. The number of nitrogens with one attached hydrogen (secondary N) is 2. The van der Waals surface area contributed by atoms with Crippen molar-refractivity contribution in [1.29, 1.82) is 0 Å². The number of carbonyl (C=O) groups excluding carboxylic acids is 2. The number of carbonyl (C=O) groups is 2. The fourth-order valence-corrected chi connectivity index (χ4v) is 2.92. The van der Waals surface area contributed by atoms with E-state index in [-0.39, 0.29) is 24.7 Å². The Hall–Kier alpha value is -3.46. The highest BCUT2D eigenvalue weighted by molar-refractivity contribution is 7.09. The average molecular weight is 415 g/mol. The van der Waals surface area contributed by atoms with Crippen LogP contribution in [-0.4, -0.2) is 23.4 Å². The standard InChI is InChI=1S/C20H18FN3O4S/c1-13-3-2-4-16(9-13)27-10-18(25)23-24-20(26)17-12-29-19(22-17)11-28-15-7-5-14(21)6-8-15/h2-9,12H,10-11H2,1H3,(H,23,25)(H,24,26). The van der Waals surface area contributed by atoms with E-state index in [0.717, 1.165) is 5.56 Å². The van der Waals surface area contributed by atoms with Crippen molar-refractivity contribution in [3.05, 3.63) is 76.0 Å². The number of hydrazine groups is 1. The highest BCUT2D eigenvalue weighted by atomic mass is 32.1. The predicted octanol–water partition coefficient (Wildman–Crippen LogP) is 3.01. The SMILES string of the molecule is Cc1cccc(OCC(=O)NNC(=O)c2csc(COc3ccc(F)cc3)n2)c1. The molecule has 0 fully saturated rings. The number of hydrogen-bond donors (Lipinski definition) is 2. The number of amides is 2. The first-order valence-electron chi connectivity index (χ1n) is 8.61. The van der Waals surface area contributed by atoms with Gasteiger partial charge < -0.3 is 9.47 Å². The van der Waals surface area contributed by atoms with Crippen LogP contribution in [0.2, 0.25) is 0 Å². The summed E-state index contributed by atoms with van der Waals surface area (Å²) in [5, 5.41) is 2.11. The third kappa shape index (κ3) is 6.28. The smallest absolute Gasteiger partial charge is 0.289 e. The van der Waals surface area contributed by atoms with Crippen LogP contribution in [0.1, 0.15) is 21.1 Å². The van der Waals surface area contributed by atoms with Crippen LogP contribution < -0.4 is 20.3 Å². The molecular formula is C20H18FN3O4S. The van der Waals surface area contributed by atoms with Gasteiger partial charge in [-0.3, -0.25) is 20.4 Å². The minimum Gasteiger partial charge on any atom is -0.486 e. The van der Waals surface area contributed by atoms with Crippen LogP contribution in [0, 0.1) is 12.7 Å². The third-order valence-corrected chi connectivity index (χ3v) is 4.46. The van der Waals surface area contributed by atoms with Crippen molar-refractivity contribution < 1.29 is 23.5 Å². The number of aromatic nitrogens is 1. The molecule has 0 radical (unpaired) electrons. The van der Waals surface area contributed by atoms with Gasteiger partial charge in [0.2, 0.25) is 0 Å². The van der Waals surface area contributed by atoms with Crippen LogP contribution in [0.15, 0.2) is 53.9 Å². The van der Waals surface area contributed by atoms with Gasteiger partial charge in [0.1, 0.15) is 34.6 Å². The second-order valence-electron chi connectivity index (χ2n) is 5.98. The summed E-state index contributed by atoms with van der Waals surface area (Å²) in [7, 11) is 0. The first-order chi connectivity index (χ1) is 14.0. The van der Waals surface area contributed by atoms with Crippen LogP contribution in [0.4, 0.5) is 4.39 Å². The molecule has 9 heteroatoms. The molecule has 0 saturated carbocycles. The molecule has 29 heavy (non-hydrogen) atoms. The molecular weight excluding hydrogens is 397 g/mol. The highest BCUT2D eigenvalue weighted by Crippen LogP contribution is 2.16. The fourth-order valence-electron chi connectivity index (χ4n) is 2.24. The zero-order chi connectivity index (χ0) is 20.6. The van der Waals surface area contributed by atoms with Gasteiger partial charge in [-0.1, -0.05) is 12.1 Å². The molecule has 3 aromatic rings. The number of hydrogen-bond acceptors (Lipinski definition) is 6. The minimum absolute atomic E-state index is 0.139. The summed E-state index contributed by atoms with van der Waals surface area (Å²) in [5.74, 6) is -0.352. The largest absolute Gasteiger partial charge is 0.486 e. The molecule has 1 heterocycles. The summed E-state index contributed by atoms with van der Waals surface area (Å²) >= 11 is 1.23. The lowest BCUT2D eigenvalue weighted by Crippen LogP contribution is -2.44. The summed E-state index contributed by atoms with van der Waals surface area (Å²) in [4.78, 5) is 28.0. The third-order valence-electron chi connectivity index (χ3n) is 3.64. The van der Waals surface area contributed by atoms with E-state index in [2.05, 4.69) is 15.8 Å². The molecule has 2 N–H and O–H groups in total. The average Bonchev–Trinajstić information content (AvgIpc) is 3.19. The molecule has 0 aliphatic heterocycles. The maximum atomic E-state index is 12.9. The topological polar surface area (TPSA) is 89.6 Å². The van der Waals surface area contributed by atoms with Gasteiger partial charge in [-0.05, 0) is 48.9 Å². The van der Waals surface area contributed by atoms with Gasteiger partial charge in [-0.2, -0.15) is 0 Å². The molecule has 0 spiro atoms. The van der Waals surface area contributed by atoms with Crippen LogP contribution >= 0.6 is 11.3 Å². The van der Waals surface area contributed by atoms with E-state index in [4.69, 9.17) is 9.47 Å². The molecule has 7 nitrogen and oxygen atoms in total. The predicted molar refractivity (Wildman–Crippen MR) is 105 cm³/mol. The molecule has 0 unspecified atom stereocenters. The van der Waals surface area contributed by atoms with E-state index in [1.54, 1.807) is 17.5 Å². The Morgan fingerprint density at radius 1 is 1.07 bits per heavy atom. The van der Waals surface area contributed by atoms with Gasteiger partial charge in [0.25, 0.3) is 11.8 Å². The van der Waals surface area contributed by atoms with Gasteiger partial charge in [-0.15, -0.1) is 11.3 Å². The van der Waals surface area contributed by atoms with Crippen LogP contribution in [0.5, 0.6) is 11.5 Å². The number of halogens is 1. The molecule has 2 aromatic carbocycles. The second kappa shape index (κ2) is 9.65. The molecule has 0 saturated heterocycles. The number of benzene rings is 2. The van der Waals surface area contributed by atoms with E-state index in [9.17, 15) is 14.0 Å². The van der Waals surface area contributed by atoms with Gasteiger partial charge in [0.15, 0.2) is 6.61 Å². The Balaban J connectivity index is 1.42. The maximum absolute atomic E-state index is 12.9. The van der Waals surface area contributed by atoms with Crippen molar-refractivity contribution in [3.8, 4) is 11.5 Å².